The van der Waals surface area contributed by atoms with Crippen LogP contribution in [0.15, 0.2) is 12.3 Å². The Bertz CT molecular complexity index is 592. The van der Waals surface area contributed by atoms with Gasteiger partial charge in [-0.05, 0) is 6.07 Å². The van der Waals surface area contributed by atoms with Crippen LogP contribution in [0.4, 0.5) is 5.69 Å². The Balaban J connectivity index is 2.33. The molecule has 0 radical (unpaired) electrons. The Morgan fingerprint density at radius 2 is 2.20 bits per heavy atom. The normalized spacial score (nSPS) is 15.4. The minimum atomic E-state index is -0.750. The van der Waals surface area contributed by atoms with Crippen molar-refractivity contribution in [3.8, 4) is 0 Å². The van der Waals surface area contributed by atoms with Gasteiger partial charge < -0.3 is 9.80 Å². The SMILES string of the molecule is CN1CCN(C(=O)c2ccnc(Cl)c2[N+](=O)[O-])CC1=O. The van der Waals surface area contributed by atoms with Gasteiger partial charge in [0.2, 0.25) is 11.1 Å². The van der Waals surface area contributed by atoms with Crippen LogP contribution in [0, 0.1) is 10.1 Å². The first-order valence-corrected chi connectivity index (χ1v) is 6.11. The highest BCUT2D eigenvalue weighted by atomic mass is 35.5. The molecule has 2 rings (SSSR count). The van der Waals surface area contributed by atoms with E-state index >= 15 is 0 Å². The number of pyridine rings is 1. The lowest BCUT2D eigenvalue weighted by molar-refractivity contribution is -0.385. The average molecular weight is 299 g/mol. The van der Waals surface area contributed by atoms with Crippen molar-refractivity contribution < 1.29 is 14.5 Å². The quantitative estimate of drug-likeness (QED) is 0.451. The molecule has 0 saturated carbocycles. The Morgan fingerprint density at radius 3 is 2.80 bits per heavy atom. The zero-order valence-electron chi connectivity index (χ0n) is 10.6. The van der Waals surface area contributed by atoms with Gasteiger partial charge in [-0.3, -0.25) is 19.7 Å². The molecule has 0 bridgehead atoms. The fourth-order valence-corrected chi connectivity index (χ4v) is 2.10. The number of nitrogens with zero attached hydrogens (tertiary/aromatic N) is 4. The van der Waals surface area contributed by atoms with Crippen molar-refractivity contribution in [3.63, 3.8) is 0 Å². The van der Waals surface area contributed by atoms with Gasteiger partial charge in [-0.25, -0.2) is 4.98 Å². The summed E-state index contributed by atoms with van der Waals surface area (Å²) in [6.45, 7) is 0.599. The van der Waals surface area contributed by atoms with Crippen LogP contribution in [0.25, 0.3) is 0 Å². The first kappa shape index (κ1) is 14.2. The van der Waals surface area contributed by atoms with Crippen LogP contribution in [0.2, 0.25) is 5.15 Å². The minimum Gasteiger partial charge on any atom is -0.342 e. The molecular weight excluding hydrogens is 288 g/mol. The van der Waals surface area contributed by atoms with E-state index in [1.807, 2.05) is 0 Å². The third-order valence-electron chi connectivity index (χ3n) is 3.04. The molecule has 0 atom stereocenters. The summed E-state index contributed by atoms with van der Waals surface area (Å²) in [6, 6.07) is 1.23. The number of carbonyl (C=O) groups is 2. The maximum absolute atomic E-state index is 12.3. The van der Waals surface area contributed by atoms with Crippen LogP contribution < -0.4 is 0 Å². The van der Waals surface area contributed by atoms with Crippen molar-refractivity contribution in [1.29, 1.82) is 0 Å². The van der Waals surface area contributed by atoms with Gasteiger partial charge in [0.1, 0.15) is 12.1 Å². The smallest absolute Gasteiger partial charge is 0.319 e. The molecule has 0 aromatic carbocycles. The summed E-state index contributed by atoms with van der Waals surface area (Å²) >= 11 is 5.66. The molecule has 1 aromatic rings. The topological polar surface area (TPSA) is 96.7 Å². The monoisotopic (exact) mass is 298 g/mol. The van der Waals surface area contributed by atoms with Crippen LogP contribution in [0.1, 0.15) is 10.4 Å². The van der Waals surface area contributed by atoms with Crippen LogP contribution in [0.3, 0.4) is 0 Å². The third-order valence-corrected chi connectivity index (χ3v) is 3.31. The van der Waals surface area contributed by atoms with E-state index in [1.165, 1.54) is 22.1 Å². The first-order chi connectivity index (χ1) is 9.41. The van der Waals surface area contributed by atoms with Gasteiger partial charge in [-0.1, -0.05) is 11.6 Å². The van der Waals surface area contributed by atoms with Crippen molar-refractivity contribution in [2.75, 3.05) is 26.7 Å². The molecule has 0 aliphatic carbocycles. The summed E-state index contributed by atoms with van der Waals surface area (Å²) in [5, 5.41) is 10.6. The maximum atomic E-state index is 12.3. The van der Waals surface area contributed by atoms with E-state index in [2.05, 4.69) is 4.98 Å². The van der Waals surface area contributed by atoms with Crippen LogP contribution in [-0.2, 0) is 4.79 Å². The van der Waals surface area contributed by atoms with Crippen LogP contribution in [-0.4, -0.2) is 58.2 Å². The summed E-state index contributed by atoms with van der Waals surface area (Å²) < 4.78 is 0. The van der Waals surface area contributed by atoms with E-state index in [0.717, 1.165) is 0 Å². The number of likely N-dealkylation sites (N-methyl/N-ethyl adjacent to an activating group) is 1. The number of carbonyl (C=O) groups excluding carboxylic acids is 2. The van der Waals surface area contributed by atoms with Gasteiger partial charge >= 0.3 is 5.69 Å². The van der Waals surface area contributed by atoms with E-state index in [-0.39, 0.29) is 23.2 Å². The summed E-state index contributed by atoms with van der Waals surface area (Å²) in [5.74, 6) is -0.810. The number of aromatic nitrogens is 1. The summed E-state index contributed by atoms with van der Waals surface area (Å²) in [7, 11) is 1.63. The lowest BCUT2D eigenvalue weighted by atomic mass is 10.2. The molecule has 0 spiro atoms. The third kappa shape index (κ3) is 2.55. The molecule has 1 aliphatic rings. The molecule has 8 nitrogen and oxygen atoms in total. The van der Waals surface area contributed by atoms with Crippen molar-refractivity contribution in [1.82, 2.24) is 14.8 Å². The van der Waals surface area contributed by atoms with Gasteiger partial charge in [-0.2, -0.15) is 0 Å². The molecular formula is C11H11ClN4O4. The number of rotatable bonds is 2. The molecule has 1 saturated heterocycles. The second-order valence-corrected chi connectivity index (χ2v) is 4.66. The summed E-state index contributed by atoms with van der Waals surface area (Å²) in [5.41, 5.74) is -0.696. The number of hydrogen-bond donors (Lipinski definition) is 0. The van der Waals surface area contributed by atoms with Crippen LogP contribution >= 0.6 is 11.6 Å². The molecule has 2 heterocycles. The average Bonchev–Trinajstić information content (AvgIpc) is 2.40. The number of amides is 2. The van der Waals surface area contributed by atoms with Crippen molar-refractivity contribution >= 4 is 29.1 Å². The zero-order valence-corrected chi connectivity index (χ0v) is 11.3. The summed E-state index contributed by atoms with van der Waals surface area (Å²) in [4.78, 5) is 40.5. The molecule has 106 valence electrons. The highest BCUT2D eigenvalue weighted by molar-refractivity contribution is 6.32. The molecule has 9 heteroatoms. The Hall–Kier alpha value is -2.22. The lowest BCUT2D eigenvalue weighted by Crippen LogP contribution is -2.50. The minimum absolute atomic E-state index is 0.105. The highest BCUT2D eigenvalue weighted by Crippen LogP contribution is 2.27. The molecule has 0 unspecified atom stereocenters. The second kappa shape index (κ2) is 5.41. The van der Waals surface area contributed by atoms with E-state index in [9.17, 15) is 19.7 Å². The molecule has 1 fully saturated rings. The van der Waals surface area contributed by atoms with Crippen LogP contribution in [0.5, 0.6) is 0 Å². The molecule has 2 amide bonds. The van der Waals surface area contributed by atoms with Crippen molar-refractivity contribution in [3.05, 3.63) is 33.1 Å². The van der Waals surface area contributed by atoms with Gasteiger partial charge in [-0.15, -0.1) is 0 Å². The molecule has 20 heavy (non-hydrogen) atoms. The summed E-state index contributed by atoms with van der Waals surface area (Å²) in [6.07, 6.45) is 1.22. The number of nitro groups is 1. The second-order valence-electron chi connectivity index (χ2n) is 4.30. The number of piperazine rings is 1. The fourth-order valence-electron chi connectivity index (χ4n) is 1.88. The van der Waals surface area contributed by atoms with E-state index in [0.29, 0.717) is 13.1 Å². The Labute approximate surface area is 119 Å². The predicted molar refractivity (Wildman–Crippen MR) is 69.4 cm³/mol. The van der Waals surface area contributed by atoms with Crippen molar-refractivity contribution in [2.24, 2.45) is 0 Å². The van der Waals surface area contributed by atoms with Gasteiger partial charge in [0.25, 0.3) is 5.91 Å². The Kier molecular flexibility index (Phi) is 3.84. The first-order valence-electron chi connectivity index (χ1n) is 5.74. The highest BCUT2D eigenvalue weighted by Gasteiger charge is 2.31. The maximum Gasteiger partial charge on any atom is 0.319 e. The predicted octanol–water partition coefficient (Wildman–Crippen LogP) is 0.557. The van der Waals surface area contributed by atoms with Gasteiger partial charge in [0, 0.05) is 26.3 Å². The molecule has 1 aliphatic heterocycles. The molecule has 1 aromatic heterocycles. The van der Waals surface area contributed by atoms with Gasteiger partial charge in [0.05, 0.1) is 4.92 Å². The fraction of sp³-hybridized carbons (Fsp3) is 0.364. The number of halogens is 1. The van der Waals surface area contributed by atoms with Gasteiger partial charge in [0.15, 0.2) is 0 Å². The largest absolute Gasteiger partial charge is 0.342 e. The van der Waals surface area contributed by atoms with Crippen molar-refractivity contribution in [2.45, 2.75) is 0 Å². The molecule has 0 N–H and O–H groups in total. The van der Waals surface area contributed by atoms with E-state index < -0.39 is 16.5 Å². The van der Waals surface area contributed by atoms with E-state index in [1.54, 1.807) is 7.05 Å². The Morgan fingerprint density at radius 1 is 1.50 bits per heavy atom. The van der Waals surface area contributed by atoms with E-state index in [4.69, 9.17) is 11.6 Å². The number of hydrogen-bond acceptors (Lipinski definition) is 5. The zero-order chi connectivity index (χ0) is 14.9. The lowest BCUT2D eigenvalue weighted by Gasteiger charge is -2.31. The standard InChI is InChI=1S/C11H11ClN4O4/c1-14-4-5-15(6-8(14)17)11(18)7-2-3-13-10(12)9(7)16(19)20/h2-3H,4-6H2,1H3.